The van der Waals surface area contributed by atoms with Crippen LogP contribution in [0.1, 0.15) is 18.0 Å². The van der Waals surface area contributed by atoms with Crippen LogP contribution in [0, 0.1) is 0 Å². The number of methoxy groups -OCH3 is 1. The molecule has 0 saturated carbocycles. The van der Waals surface area contributed by atoms with E-state index in [2.05, 4.69) is 11.5 Å². The normalized spacial score (nSPS) is 21.8. The topological polar surface area (TPSA) is 30.5 Å². The molecule has 1 aromatic carbocycles. The smallest absolute Gasteiger partial charge is 0.119 e. The lowest BCUT2D eigenvalue weighted by molar-refractivity contribution is 0.0882. The number of rotatable bonds is 2. The van der Waals surface area contributed by atoms with Crippen molar-refractivity contribution >= 4 is 0 Å². The molecule has 0 amide bonds. The Bertz CT molecular complexity index is 282. The Labute approximate surface area is 77.6 Å². The van der Waals surface area contributed by atoms with Gasteiger partial charge in [-0.05, 0) is 24.1 Å². The fourth-order valence-electron chi connectivity index (χ4n) is 1.49. The molecule has 1 heterocycles. The molecule has 3 heteroatoms. The van der Waals surface area contributed by atoms with Gasteiger partial charge in [0, 0.05) is 0 Å². The molecule has 0 unspecified atom stereocenters. The van der Waals surface area contributed by atoms with Crippen molar-refractivity contribution in [3.05, 3.63) is 29.8 Å². The average molecular weight is 179 g/mol. The Kier molecular flexibility index (Phi) is 2.47. The molecule has 1 atom stereocenters. The SMILES string of the molecule is COc1cccc([C@@H]2CCON2)c1. The summed E-state index contributed by atoms with van der Waals surface area (Å²) in [4.78, 5) is 5.09. The van der Waals surface area contributed by atoms with Gasteiger partial charge in [-0.1, -0.05) is 12.1 Å². The molecule has 1 saturated heterocycles. The van der Waals surface area contributed by atoms with Gasteiger partial charge in [0.25, 0.3) is 0 Å². The Morgan fingerprint density at radius 3 is 3.15 bits per heavy atom. The summed E-state index contributed by atoms with van der Waals surface area (Å²) in [6.45, 7) is 0.780. The number of ether oxygens (including phenoxy) is 1. The van der Waals surface area contributed by atoms with Gasteiger partial charge >= 0.3 is 0 Å². The van der Waals surface area contributed by atoms with E-state index in [0.717, 1.165) is 18.8 Å². The third-order valence-corrected chi connectivity index (χ3v) is 2.23. The van der Waals surface area contributed by atoms with Gasteiger partial charge in [-0.15, -0.1) is 0 Å². The highest BCUT2D eigenvalue weighted by Crippen LogP contribution is 2.24. The molecule has 0 aliphatic carbocycles. The minimum Gasteiger partial charge on any atom is -0.497 e. The van der Waals surface area contributed by atoms with Crippen LogP contribution < -0.4 is 10.2 Å². The lowest BCUT2D eigenvalue weighted by Gasteiger charge is -2.09. The standard InChI is InChI=1S/C10H13NO2/c1-12-9-4-2-3-8(7-9)10-5-6-13-11-10/h2-4,7,10-11H,5-6H2,1H3/t10-/m0/s1. The number of hydrogen-bond acceptors (Lipinski definition) is 3. The fraction of sp³-hybridized carbons (Fsp3) is 0.400. The molecule has 70 valence electrons. The molecule has 1 aliphatic heterocycles. The van der Waals surface area contributed by atoms with Crippen LogP contribution >= 0.6 is 0 Å². The van der Waals surface area contributed by atoms with E-state index >= 15 is 0 Å². The highest BCUT2D eigenvalue weighted by atomic mass is 16.7. The first kappa shape index (κ1) is 8.53. The summed E-state index contributed by atoms with van der Waals surface area (Å²) >= 11 is 0. The second-order valence-corrected chi connectivity index (χ2v) is 3.08. The summed E-state index contributed by atoms with van der Waals surface area (Å²) in [5.41, 5.74) is 4.19. The maximum Gasteiger partial charge on any atom is 0.119 e. The highest BCUT2D eigenvalue weighted by molar-refractivity contribution is 5.30. The molecule has 13 heavy (non-hydrogen) atoms. The molecule has 2 rings (SSSR count). The van der Waals surface area contributed by atoms with E-state index in [9.17, 15) is 0 Å². The molecule has 1 N–H and O–H groups in total. The van der Waals surface area contributed by atoms with Gasteiger partial charge in [-0.25, -0.2) is 0 Å². The van der Waals surface area contributed by atoms with Crippen molar-refractivity contribution in [2.45, 2.75) is 12.5 Å². The monoisotopic (exact) mass is 179 g/mol. The van der Waals surface area contributed by atoms with Gasteiger partial charge in [0.05, 0.1) is 19.8 Å². The van der Waals surface area contributed by atoms with Gasteiger partial charge in [0.1, 0.15) is 5.75 Å². The summed E-state index contributed by atoms with van der Waals surface area (Å²) in [5.74, 6) is 0.895. The van der Waals surface area contributed by atoms with Crippen molar-refractivity contribution in [1.82, 2.24) is 5.48 Å². The Morgan fingerprint density at radius 2 is 2.46 bits per heavy atom. The molecular weight excluding hydrogens is 166 g/mol. The van der Waals surface area contributed by atoms with Crippen molar-refractivity contribution in [3.63, 3.8) is 0 Å². The summed E-state index contributed by atoms with van der Waals surface area (Å²) in [6.07, 6.45) is 1.02. The second-order valence-electron chi connectivity index (χ2n) is 3.08. The zero-order valence-corrected chi connectivity index (χ0v) is 7.62. The quantitative estimate of drug-likeness (QED) is 0.749. The van der Waals surface area contributed by atoms with E-state index in [1.807, 2.05) is 18.2 Å². The van der Waals surface area contributed by atoms with Gasteiger partial charge in [0.2, 0.25) is 0 Å². The van der Waals surface area contributed by atoms with Gasteiger partial charge in [-0.3, -0.25) is 0 Å². The second kappa shape index (κ2) is 3.77. The third-order valence-electron chi connectivity index (χ3n) is 2.23. The van der Waals surface area contributed by atoms with Crippen molar-refractivity contribution in [2.24, 2.45) is 0 Å². The first-order valence-electron chi connectivity index (χ1n) is 4.41. The Hall–Kier alpha value is -1.06. The van der Waals surface area contributed by atoms with E-state index in [0.29, 0.717) is 6.04 Å². The van der Waals surface area contributed by atoms with E-state index < -0.39 is 0 Å². The molecular formula is C10H13NO2. The molecule has 3 nitrogen and oxygen atoms in total. The molecule has 0 bridgehead atoms. The van der Waals surface area contributed by atoms with Crippen molar-refractivity contribution < 1.29 is 9.57 Å². The first-order chi connectivity index (χ1) is 6.40. The molecule has 1 aromatic rings. The van der Waals surface area contributed by atoms with Crippen LogP contribution in [0.2, 0.25) is 0 Å². The number of hydrogen-bond donors (Lipinski definition) is 1. The van der Waals surface area contributed by atoms with E-state index in [-0.39, 0.29) is 0 Å². The van der Waals surface area contributed by atoms with Crippen LogP contribution in [-0.2, 0) is 4.84 Å². The third kappa shape index (κ3) is 1.82. The zero-order chi connectivity index (χ0) is 9.10. The van der Waals surface area contributed by atoms with Crippen LogP contribution in [0.5, 0.6) is 5.75 Å². The summed E-state index contributed by atoms with van der Waals surface area (Å²) in [6, 6.07) is 8.37. The minimum absolute atomic E-state index is 0.315. The van der Waals surface area contributed by atoms with Crippen molar-refractivity contribution in [3.8, 4) is 5.75 Å². The summed E-state index contributed by atoms with van der Waals surface area (Å²) < 4.78 is 5.15. The Balaban J connectivity index is 2.18. The average Bonchev–Trinajstić information content (AvgIpc) is 2.71. The molecule has 0 radical (unpaired) electrons. The molecule has 0 aromatic heterocycles. The number of benzene rings is 1. The summed E-state index contributed by atoms with van der Waals surface area (Å²) in [7, 11) is 1.68. The van der Waals surface area contributed by atoms with Crippen molar-refractivity contribution in [1.29, 1.82) is 0 Å². The van der Waals surface area contributed by atoms with Crippen LogP contribution in [0.3, 0.4) is 0 Å². The van der Waals surface area contributed by atoms with E-state index in [4.69, 9.17) is 9.57 Å². The fourth-order valence-corrected chi connectivity index (χ4v) is 1.49. The lowest BCUT2D eigenvalue weighted by Crippen LogP contribution is -2.11. The van der Waals surface area contributed by atoms with Gasteiger partial charge < -0.3 is 9.57 Å². The van der Waals surface area contributed by atoms with Crippen molar-refractivity contribution in [2.75, 3.05) is 13.7 Å². The van der Waals surface area contributed by atoms with Crippen LogP contribution in [0.15, 0.2) is 24.3 Å². The van der Waals surface area contributed by atoms with Crippen LogP contribution in [-0.4, -0.2) is 13.7 Å². The minimum atomic E-state index is 0.315. The summed E-state index contributed by atoms with van der Waals surface area (Å²) in [5, 5.41) is 0. The molecule has 1 aliphatic rings. The Morgan fingerprint density at radius 1 is 1.54 bits per heavy atom. The van der Waals surface area contributed by atoms with E-state index in [1.165, 1.54) is 5.56 Å². The number of hydroxylamine groups is 1. The van der Waals surface area contributed by atoms with Crippen LogP contribution in [0.4, 0.5) is 0 Å². The molecule has 1 fully saturated rings. The highest BCUT2D eigenvalue weighted by Gasteiger charge is 2.17. The number of nitrogens with one attached hydrogen (secondary N) is 1. The molecule has 0 spiro atoms. The predicted molar refractivity (Wildman–Crippen MR) is 49.4 cm³/mol. The van der Waals surface area contributed by atoms with Gasteiger partial charge in [-0.2, -0.15) is 5.48 Å². The predicted octanol–water partition coefficient (Wildman–Crippen LogP) is 1.66. The maximum absolute atomic E-state index is 5.15. The van der Waals surface area contributed by atoms with Crippen LogP contribution in [0.25, 0.3) is 0 Å². The zero-order valence-electron chi connectivity index (χ0n) is 7.62. The largest absolute Gasteiger partial charge is 0.497 e. The van der Waals surface area contributed by atoms with E-state index in [1.54, 1.807) is 7.11 Å². The maximum atomic E-state index is 5.15. The first-order valence-corrected chi connectivity index (χ1v) is 4.41. The van der Waals surface area contributed by atoms with Gasteiger partial charge in [0.15, 0.2) is 0 Å². The lowest BCUT2D eigenvalue weighted by atomic mass is 10.1.